The van der Waals surface area contributed by atoms with Gasteiger partial charge in [0.05, 0.1) is 6.34 Å². The van der Waals surface area contributed by atoms with E-state index in [2.05, 4.69) is 15.3 Å². The van der Waals surface area contributed by atoms with Crippen molar-refractivity contribution >= 4 is 12.3 Å². The van der Waals surface area contributed by atoms with Crippen molar-refractivity contribution in [2.45, 2.75) is 6.29 Å². The fourth-order valence-electron chi connectivity index (χ4n) is 1.65. The Labute approximate surface area is 143 Å². The molecule has 0 bridgehead atoms. The molecule has 0 saturated carbocycles. The molecule has 0 saturated heterocycles. The molecule has 142 valence electrons. The summed E-state index contributed by atoms with van der Waals surface area (Å²) in [5.74, 6) is 0.230. The molecule has 0 spiro atoms. The number of ether oxygens (including phenoxy) is 5. The van der Waals surface area contributed by atoms with Gasteiger partial charge in [-0.25, -0.2) is 14.9 Å². The third-order valence-electron chi connectivity index (χ3n) is 2.60. The smallest absolute Gasteiger partial charge is 0.198 e. The van der Waals surface area contributed by atoms with Gasteiger partial charge >= 0.3 is 0 Å². The van der Waals surface area contributed by atoms with E-state index in [1.165, 1.54) is 6.34 Å². The maximum Gasteiger partial charge on any atom is 0.198 e. The fraction of sp³-hybridized carbons (Fsp3) is 0.846. The molecule has 11 nitrogen and oxygen atoms in total. The second kappa shape index (κ2) is 15.1. The van der Waals surface area contributed by atoms with E-state index in [0.29, 0.717) is 0 Å². The van der Waals surface area contributed by atoms with Crippen LogP contribution in [0.15, 0.2) is 9.98 Å². The van der Waals surface area contributed by atoms with Crippen molar-refractivity contribution in [3.8, 4) is 0 Å². The first-order valence-electron chi connectivity index (χ1n) is 7.15. The van der Waals surface area contributed by atoms with Crippen molar-refractivity contribution in [1.29, 1.82) is 0 Å². The van der Waals surface area contributed by atoms with Gasteiger partial charge in [-0.2, -0.15) is 0 Å². The van der Waals surface area contributed by atoms with Gasteiger partial charge in [0.15, 0.2) is 12.2 Å². The maximum absolute atomic E-state index is 6.05. The largest absolute Gasteiger partial charge is 0.370 e. The molecule has 0 radical (unpaired) electrons. The Kier molecular flexibility index (Phi) is 14.1. The molecule has 0 rings (SSSR count). The minimum absolute atomic E-state index is 0.229. The Morgan fingerprint density at radius 3 is 1.96 bits per heavy atom. The van der Waals surface area contributed by atoms with Crippen molar-refractivity contribution in [3.05, 3.63) is 0 Å². The fourth-order valence-corrected chi connectivity index (χ4v) is 1.65. The summed E-state index contributed by atoms with van der Waals surface area (Å²) >= 11 is 0. The van der Waals surface area contributed by atoms with Crippen LogP contribution >= 0.6 is 0 Å². The van der Waals surface area contributed by atoms with Crippen molar-refractivity contribution in [2.24, 2.45) is 15.7 Å². The first-order valence-corrected chi connectivity index (χ1v) is 7.15. The van der Waals surface area contributed by atoms with Crippen LogP contribution in [-0.4, -0.2) is 97.6 Å². The van der Waals surface area contributed by atoms with Crippen molar-refractivity contribution < 1.29 is 23.7 Å². The highest BCUT2D eigenvalue weighted by Crippen LogP contribution is 2.00. The summed E-state index contributed by atoms with van der Waals surface area (Å²) in [6.07, 6.45) is 0.919. The van der Waals surface area contributed by atoms with Crippen molar-refractivity contribution in [2.75, 3.05) is 69.2 Å². The molecule has 11 heteroatoms. The molecule has 0 aromatic carbocycles. The Hall–Kier alpha value is -1.50. The molecule has 1 atom stereocenters. The first-order chi connectivity index (χ1) is 11.6. The van der Waals surface area contributed by atoms with Gasteiger partial charge in [0.2, 0.25) is 0 Å². The van der Waals surface area contributed by atoms with Gasteiger partial charge in [0, 0.05) is 35.5 Å². The second-order valence-electron chi connectivity index (χ2n) is 4.56. The monoisotopic (exact) mass is 350 g/mol. The Morgan fingerprint density at radius 2 is 1.50 bits per heavy atom. The topological polar surface area (TPSA) is 115 Å². The predicted octanol–water partition coefficient (Wildman–Crippen LogP) is -1.17. The number of aliphatic imine (C=N–C) groups is 2. The predicted molar refractivity (Wildman–Crippen MR) is 90.1 cm³/mol. The summed E-state index contributed by atoms with van der Waals surface area (Å²) in [6, 6.07) is 0. The van der Waals surface area contributed by atoms with Crippen LogP contribution < -0.4 is 11.1 Å². The van der Waals surface area contributed by atoms with Gasteiger partial charge in [-0.1, -0.05) is 0 Å². The highest BCUT2D eigenvalue weighted by atomic mass is 16.5. The Balaban J connectivity index is 5.19. The molecule has 0 aliphatic rings. The lowest BCUT2D eigenvalue weighted by Crippen LogP contribution is -2.49. The van der Waals surface area contributed by atoms with Crippen LogP contribution in [0.4, 0.5) is 0 Å². The second-order valence-corrected chi connectivity index (χ2v) is 4.56. The number of hydrogen-bond donors (Lipinski definition) is 2. The molecule has 24 heavy (non-hydrogen) atoms. The molecular weight excluding hydrogens is 320 g/mol. The summed E-state index contributed by atoms with van der Waals surface area (Å²) in [7, 11) is 7.83. The molecular formula is C13H30N6O5. The van der Waals surface area contributed by atoms with E-state index in [1.54, 1.807) is 45.3 Å². The van der Waals surface area contributed by atoms with Crippen molar-refractivity contribution in [3.63, 3.8) is 0 Å². The van der Waals surface area contributed by atoms with E-state index in [0.717, 1.165) is 0 Å². The number of hydrogen-bond acceptors (Lipinski definition) is 8. The molecule has 0 aromatic rings. The highest BCUT2D eigenvalue weighted by Gasteiger charge is 2.18. The third kappa shape index (κ3) is 9.60. The maximum atomic E-state index is 6.05. The number of methoxy groups -OCH3 is 5. The van der Waals surface area contributed by atoms with Crippen molar-refractivity contribution in [1.82, 2.24) is 15.1 Å². The van der Waals surface area contributed by atoms with Gasteiger partial charge in [-0.15, -0.1) is 0 Å². The quantitative estimate of drug-likeness (QED) is 0.227. The average molecular weight is 350 g/mol. The van der Waals surface area contributed by atoms with E-state index < -0.39 is 6.29 Å². The van der Waals surface area contributed by atoms with E-state index in [-0.39, 0.29) is 39.6 Å². The van der Waals surface area contributed by atoms with Crippen LogP contribution in [0.5, 0.6) is 0 Å². The minimum atomic E-state index is -0.568. The zero-order valence-corrected chi connectivity index (χ0v) is 15.1. The summed E-state index contributed by atoms with van der Waals surface area (Å²) < 4.78 is 25.4. The molecule has 0 amide bonds. The molecule has 0 aliphatic carbocycles. The Bertz CT molecular complexity index is 346. The molecule has 1 unspecified atom stereocenters. The zero-order valence-electron chi connectivity index (χ0n) is 15.1. The van der Waals surface area contributed by atoms with Crippen LogP contribution in [-0.2, 0) is 23.7 Å². The number of nitrogens with one attached hydrogen (secondary N) is 1. The van der Waals surface area contributed by atoms with E-state index in [4.69, 9.17) is 29.4 Å². The molecule has 0 heterocycles. The minimum Gasteiger partial charge on any atom is -0.370 e. The molecule has 0 fully saturated rings. The van der Waals surface area contributed by atoms with E-state index >= 15 is 0 Å². The highest BCUT2D eigenvalue weighted by molar-refractivity contribution is 5.78. The summed E-state index contributed by atoms with van der Waals surface area (Å²) in [4.78, 5) is 11.8. The average Bonchev–Trinajstić information content (AvgIpc) is 2.57. The molecule has 3 N–H and O–H groups in total. The normalized spacial score (nSPS) is 13.7. The van der Waals surface area contributed by atoms with E-state index in [1.807, 2.05) is 0 Å². The van der Waals surface area contributed by atoms with Gasteiger partial charge in [-0.3, -0.25) is 4.90 Å². The number of nitrogens with zero attached hydrogens (tertiary/aromatic N) is 4. The third-order valence-corrected chi connectivity index (χ3v) is 2.60. The lowest BCUT2D eigenvalue weighted by Gasteiger charge is -2.29. The van der Waals surface area contributed by atoms with Gasteiger partial charge in [0.25, 0.3) is 0 Å². The molecule has 0 aliphatic heterocycles. The zero-order chi connectivity index (χ0) is 18.2. The van der Waals surface area contributed by atoms with Crippen LogP contribution in [0.2, 0.25) is 0 Å². The SMILES string of the molecule is COC/N=C/NC(/N=C(\N)N(COC)COC)N(COC)COC. The first kappa shape index (κ1) is 22.5. The number of nitrogens with two attached hydrogens (primary N) is 1. The number of guanidine groups is 1. The lowest BCUT2D eigenvalue weighted by molar-refractivity contribution is -0.0412. The van der Waals surface area contributed by atoms with Gasteiger partial charge < -0.3 is 34.7 Å². The summed E-state index contributed by atoms with van der Waals surface area (Å²) in [6.45, 7) is 1.25. The Morgan fingerprint density at radius 1 is 0.958 bits per heavy atom. The summed E-state index contributed by atoms with van der Waals surface area (Å²) in [5, 5.41) is 3.01. The van der Waals surface area contributed by atoms with E-state index in [9.17, 15) is 0 Å². The molecule has 0 aromatic heterocycles. The standard InChI is InChI=1S/C13H30N6O5/c1-20-7-15-6-16-13(19(10-23-4)11-24-5)17-12(14)18(8-21-2)9-22-3/h6,13H,7-11H2,1-5H3,(H2,14,17)(H,15,16). The van der Waals surface area contributed by atoms with Crippen LogP contribution in [0.1, 0.15) is 0 Å². The van der Waals surface area contributed by atoms with Gasteiger partial charge in [0.1, 0.15) is 33.7 Å². The lowest BCUT2D eigenvalue weighted by atomic mass is 10.6. The number of rotatable bonds is 14. The van der Waals surface area contributed by atoms with Gasteiger partial charge in [-0.05, 0) is 0 Å². The van der Waals surface area contributed by atoms with Crippen LogP contribution in [0, 0.1) is 0 Å². The summed E-state index contributed by atoms with van der Waals surface area (Å²) in [5.41, 5.74) is 6.05. The van der Waals surface area contributed by atoms with Crippen LogP contribution in [0.3, 0.4) is 0 Å². The van der Waals surface area contributed by atoms with Crippen LogP contribution in [0.25, 0.3) is 0 Å².